The number of aldehydes is 1. The van der Waals surface area contributed by atoms with Gasteiger partial charge in [-0.05, 0) is 75.7 Å². The summed E-state index contributed by atoms with van der Waals surface area (Å²) >= 11 is 0. The van der Waals surface area contributed by atoms with E-state index >= 15 is 0 Å². The molecular formula is C59H89F3N10O13. The Hall–Kier alpha value is -6.07. The Kier molecular flexibility index (Phi) is 31.9. The van der Waals surface area contributed by atoms with Crippen molar-refractivity contribution in [3.05, 3.63) is 71.4 Å². The molecule has 3 heterocycles. The minimum Gasteiger partial charge on any atom is -0.494 e. The van der Waals surface area contributed by atoms with Gasteiger partial charge in [0.25, 0.3) is 5.91 Å². The molecule has 0 radical (unpaired) electrons. The number of ether oxygens (including phenoxy) is 6. The number of para-hydroxylation sites is 1. The van der Waals surface area contributed by atoms with E-state index in [2.05, 4.69) is 20.9 Å². The first-order valence-electron chi connectivity index (χ1n) is 29.5. The van der Waals surface area contributed by atoms with Crippen LogP contribution in [0.15, 0.2) is 54.6 Å². The number of carboxylic acid groups (broad SMARTS) is 2. The highest BCUT2D eigenvalue weighted by Crippen LogP contribution is 2.37. The molecule has 2 fully saturated rings. The van der Waals surface area contributed by atoms with Crippen LogP contribution in [-0.2, 0) is 50.8 Å². The number of rotatable bonds is 37. The number of halogens is 3. The van der Waals surface area contributed by atoms with Gasteiger partial charge in [-0.1, -0.05) is 19.1 Å². The molecule has 0 spiro atoms. The molecule has 5 N–H and O–H groups in total. The Bertz CT molecular complexity index is 2490. The smallest absolute Gasteiger partial charge is 0.417 e. The van der Waals surface area contributed by atoms with Crippen molar-refractivity contribution in [3.8, 4) is 22.8 Å². The SMILES string of the molecule is CCOc1ccc(C(=O)N2CCN(c3ccc(-c4ccccc4OCC)nc3CNCCNCCCOCCOCCOCCOCCNC(=O)CN3CCN(CC=O)CCN(CC(=O)O)CCN(CC(=O)O)CC3)C(CC)C2)c(C(F)(F)F)c1. The van der Waals surface area contributed by atoms with Crippen molar-refractivity contribution < 1.29 is 75.8 Å². The highest BCUT2D eigenvalue weighted by atomic mass is 19.4. The largest absolute Gasteiger partial charge is 0.494 e. The monoisotopic (exact) mass is 1200 g/mol. The Morgan fingerprint density at radius 1 is 0.659 bits per heavy atom. The second-order valence-electron chi connectivity index (χ2n) is 20.4. The van der Waals surface area contributed by atoms with Gasteiger partial charge in [0.15, 0.2) is 0 Å². The van der Waals surface area contributed by atoms with Gasteiger partial charge in [0.05, 0.1) is 114 Å². The van der Waals surface area contributed by atoms with Crippen LogP contribution in [0.5, 0.6) is 11.5 Å². The number of hydrogen-bond acceptors (Lipinski definition) is 19. The van der Waals surface area contributed by atoms with E-state index in [1.807, 2.05) is 60.0 Å². The van der Waals surface area contributed by atoms with Crippen LogP contribution in [-0.4, -0.2) is 266 Å². The van der Waals surface area contributed by atoms with E-state index in [1.165, 1.54) is 17.0 Å². The highest BCUT2D eigenvalue weighted by Gasteiger charge is 2.39. The van der Waals surface area contributed by atoms with Crippen molar-refractivity contribution in [1.29, 1.82) is 0 Å². The van der Waals surface area contributed by atoms with Gasteiger partial charge in [0.2, 0.25) is 5.91 Å². The molecule has 23 nitrogen and oxygen atoms in total. The summed E-state index contributed by atoms with van der Waals surface area (Å²) in [6.45, 7) is 16.3. The van der Waals surface area contributed by atoms with Crippen molar-refractivity contribution in [2.75, 3.05) is 195 Å². The van der Waals surface area contributed by atoms with Gasteiger partial charge < -0.3 is 69.2 Å². The highest BCUT2D eigenvalue weighted by molar-refractivity contribution is 5.96. The molecule has 1 atom stereocenters. The number of hydrogen-bond donors (Lipinski definition) is 5. The fourth-order valence-corrected chi connectivity index (χ4v) is 9.89. The van der Waals surface area contributed by atoms with Crippen LogP contribution >= 0.6 is 0 Å². The average Bonchev–Trinajstić information content (AvgIpc) is 1.53. The zero-order valence-corrected chi connectivity index (χ0v) is 49.6. The molecule has 3 aromatic rings. The summed E-state index contributed by atoms with van der Waals surface area (Å²) in [7, 11) is 0. The molecule has 0 aliphatic carbocycles. The van der Waals surface area contributed by atoms with E-state index in [0.717, 1.165) is 53.7 Å². The predicted molar refractivity (Wildman–Crippen MR) is 313 cm³/mol. The number of piperazine rings is 1. The average molecular weight is 1200 g/mol. The molecular weight excluding hydrogens is 1110 g/mol. The number of anilines is 1. The van der Waals surface area contributed by atoms with Gasteiger partial charge in [0, 0.05) is 116 Å². The second-order valence-corrected chi connectivity index (χ2v) is 20.4. The van der Waals surface area contributed by atoms with E-state index in [9.17, 15) is 47.4 Å². The number of aliphatic carboxylic acids is 2. The summed E-state index contributed by atoms with van der Waals surface area (Å²) in [5.41, 5.74) is 1.88. The topological polar surface area (TPSA) is 250 Å². The number of pyridine rings is 1. The van der Waals surface area contributed by atoms with E-state index in [1.54, 1.807) is 16.7 Å². The Labute approximate surface area is 497 Å². The molecule has 1 aromatic heterocycles. The zero-order chi connectivity index (χ0) is 61.2. The molecule has 2 aliphatic rings. The first-order chi connectivity index (χ1) is 41.1. The maximum absolute atomic E-state index is 14.2. The molecule has 5 rings (SSSR count). The summed E-state index contributed by atoms with van der Waals surface area (Å²) < 4.78 is 76.6. The van der Waals surface area contributed by atoms with Gasteiger partial charge in [-0.25, -0.2) is 4.98 Å². The predicted octanol–water partition coefficient (Wildman–Crippen LogP) is 3.15. The molecule has 26 heteroatoms. The van der Waals surface area contributed by atoms with Crippen molar-refractivity contribution in [3.63, 3.8) is 0 Å². The molecule has 2 saturated heterocycles. The molecule has 85 heavy (non-hydrogen) atoms. The Morgan fingerprint density at radius 3 is 1.85 bits per heavy atom. The third-order valence-corrected chi connectivity index (χ3v) is 14.2. The lowest BCUT2D eigenvalue weighted by Crippen LogP contribution is -2.55. The number of carbonyl (C=O) groups is 5. The maximum atomic E-state index is 14.2. The van der Waals surface area contributed by atoms with E-state index in [-0.39, 0.29) is 70.2 Å². The van der Waals surface area contributed by atoms with Crippen molar-refractivity contribution in [1.82, 2.24) is 45.4 Å². The molecule has 2 aliphatic heterocycles. The van der Waals surface area contributed by atoms with Crippen LogP contribution < -0.4 is 30.3 Å². The summed E-state index contributed by atoms with van der Waals surface area (Å²) in [4.78, 5) is 77.2. The molecule has 0 saturated carbocycles. The number of alkyl halides is 3. The van der Waals surface area contributed by atoms with Gasteiger partial charge >= 0.3 is 18.1 Å². The lowest BCUT2D eigenvalue weighted by molar-refractivity contribution is -0.140. The van der Waals surface area contributed by atoms with E-state index in [0.29, 0.717) is 144 Å². The van der Waals surface area contributed by atoms with Gasteiger partial charge in [-0.3, -0.25) is 38.8 Å². The minimum atomic E-state index is -4.74. The lowest BCUT2D eigenvalue weighted by atomic mass is 10.0. The molecule has 1 unspecified atom stereocenters. The van der Waals surface area contributed by atoms with Crippen LogP contribution in [0.25, 0.3) is 11.3 Å². The van der Waals surface area contributed by atoms with Crippen molar-refractivity contribution in [2.24, 2.45) is 0 Å². The van der Waals surface area contributed by atoms with Crippen LogP contribution in [0.1, 0.15) is 55.2 Å². The summed E-state index contributed by atoms with van der Waals surface area (Å²) in [5, 5.41) is 28.7. The fraction of sp³-hybridized carbons (Fsp3) is 0.627. The number of benzene rings is 2. The number of carbonyl (C=O) groups excluding carboxylic acids is 3. The van der Waals surface area contributed by atoms with Crippen LogP contribution in [0.2, 0.25) is 0 Å². The van der Waals surface area contributed by atoms with E-state index < -0.39 is 35.1 Å². The zero-order valence-electron chi connectivity index (χ0n) is 49.6. The standard InChI is InChI=1S/C59H89F3N10O13/c1-4-46-42-71(58(79)48-13-12-47(84-5-2)40-50(48)59(60,61)62)28-29-72(46)53-15-14-51(49-10-7-8-11-54(49)85-6-3)66-52(53)41-64-18-17-63-16-9-32-80-34-36-82-38-39-83-37-35-81-33-19-65-55(74)43-68-22-20-67(30-31-73)21-23-69(44-56(75)76)26-27-70(25-24-68)45-57(77)78/h7-8,10-15,31,40,46,63-64H,4-6,9,16-30,32-39,41-45H2,1-3H3,(H,65,74)(H,75,76)(H,77,78). The molecule has 0 bridgehead atoms. The Balaban J connectivity index is 0.938. The number of carboxylic acids is 2. The fourth-order valence-electron chi connectivity index (χ4n) is 9.89. The summed E-state index contributed by atoms with van der Waals surface area (Å²) in [6, 6.07) is 15.1. The number of nitrogens with one attached hydrogen (secondary N) is 3. The van der Waals surface area contributed by atoms with Crippen LogP contribution in [0, 0.1) is 0 Å². The third-order valence-electron chi connectivity index (χ3n) is 14.2. The maximum Gasteiger partial charge on any atom is 0.417 e. The second kappa shape index (κ2) is 38.9. The quantitative estimate of drug-likeness (QED) is 0.0411. The normalized spacial score (nSPS) is 16.4. The van der Waals surface area contributed by atoms with Crippen LogP contribution in [0.3, 0.4) is 0 Å². The van der Waals surface area contributed by atoms with Crippen molar-refractivity contribution >= 4 is 35.7 Å². The molecule has 2 aromatic carbocycles. The van der Waals surface area contributed by atoms with Crippen molar-refractivity contribution in [2.45, 2.75) is 52.4 Å². The first-order valence-corrected chi connectivity index (χ1v) is 29.5. The number of amides is 2. The van der Waals surface area contributed by atoms with Gasteiger partial charge in [-0.2, -0.15) is 13.2 Å². The summed E-state index contributed by atoms with van der Waals surface area (Å²) in [6.07, 6.45) is -2.49. The third kappa shape index (κ3) is 25.4. The lowest BCUT2D eigenvalue weighted by Gasteiger charge is -2.43. The van der Waals surface area contributed by atoms with Gasteiger partial charge in [-0.15, -0.1) is 0 Å². The first kappa shape index (κ1) is 69.7. The molecule has 2 amide bonds. The minimum absolute atomic E-state index is 0.0591. The van der Waals surface area contributed by atoms with Crippen LogP contribution in [0.4, 0.5) is 18.9 Å². The number of nitrogens with zero attached hydrogens (tertiary/aromatic N) is 7. The van der Waals surface area contributed by atoms with Gasteiger partial charge in [0.1, 0.15) is 17.8 Å². The Morgan fingerprint density at radius 2 is 1.25 bits per heavy atom. The van der Waals surface area contributed by atoms with E-state index in [4.69, 9.17) is 33.4 Å². The molecule has 474 valence electrons. The number of aromatic nitrogens is 1. The summed E-state index contributed by atoms with van der Waals surface area (Å²) in [5.74, 6) is -2.08.